The predicted molar refractivity (Wildman–Crippen MR) is 63.3 cm³/mol. The van der Waals surface area contributed by atoms with Crippen molar-refractivity contribution >= 4 is 11.9 Å². The summed E-state index contributed by atoms with van der Waals surface area (Å²) in [6.07, 6.45) is 0.326. The molecule has 1 unspecified atom stereocenters. The average Bonchev–Trinajstić information content (AvgIpc) is 2.26. The highest BCUT2D eigenvalue weighted by Gasteiger charge is 2.32. The van der Waals surface area contributed by atoms with Crippen molar-refractivity contribution in [2.45, 2.75) is 40.2 Å². The molecule has 2 atom stereocenters. The number of ketones is 1. The molecule has 0 aromatic carbocycles. The fraction of sp³-hybridized carbons (Fsp3) is 0.833. The molecule has 0 spiro atoms. The van der Waals surface area contributed by atoms with Gasteiger partial charge in [0.25, 0.3) is 0 Å². The third-order valence-corrected chi connectivity index (χ3v) is 2.90. The van der Waals surface area contributed by atoms with Crippen molar-refractivity contribution in [2.75, 3.05) is 14.2 Å². The highest BCUT2D eigenvalue weighted by Crippen LogP contribution is 2.17. The van der Waals surface area contributed by atoms with Gasteiger partial charge in [-0.15, -0.1) is 0 Å². The molecule has 0 radical (unpaired) electrons. The Kier molecular flexibility index (Phi) is 6.08. The summed E-state index contributed by atoms with van der Waals surface area (Å²) in [6, 6.07) is -0.401. The van der Waals surface area contributed by atoms with Crippen molar-refractivity contribution in [1.82, 2.24) is 4.90 Å². The molecule has 0 rings (SSSR count). The largest absolute Gasteiger partial charge is 0.453 e. The van der Waals surface area contributed by atoms with Crippen LogP contribution >= 0.6 is 0 Å². The number of hydrogen-bond donors (Lipinski definition) is 0. The van der Waals surface area contributed by atoms with Gasteiger partial charge in [0.15, 0.2) is 5.78 Å². The molecule has 0 heterocycles. The maximum absolute atomic E-state index is 12.1. The van der Waals surface area contributed by atoms with E-state index in [1.165, 1.54) is 12.0 Å². The summed E-state index contributed by atoms with van der Waals surface area (Å²) in [4.78, 5) is 24.9. The Bertz CT molecular complexity index is 251. The van der Waals surface area contributed by atoms with Gasteiger partial charge >= 0.3 is 6.09 Å². The molecule has 0 bridgehead atoms. The van der Waals surface area contributed by atoms with Gasteiger partial charge in [-0.25, -0.2) is 4.79 Å². The van der Waals surface area contributed by atoms with Crippen molar-refractivity contribution in [3.8, 4) is 0 Å². The van der Waals surface area contributed by atoms with E-state index < -0.39 is 12.1 Å². The molecular weight excluding hydrogens is 206 g/mol. The fourth-order valence-electron chi connectivity index (χ4n) is 1.72. The third kappa shape index (κ3) is 3.51. The molecule has 0 N–H and O–H groups in total. The first-order valence-corrected chi connectivity index (χ1v) is 5.71. The number of ether oxygens (including phenoxy) is 1. The molecule has 0 aromatic rings. The van der Waals surface area contributed by atoms with Crippen LogP contribution in [0.4, 0.5) is 4.79 Å². The summed E-state index contributed by atoms with van der Waals surface area (Å²) in [5.41, 5.74) is 0. The average molecular weight is 229 g/mol. The van der Waals surface area contributed by atoms with Crippen LogP contribution in [0.2, 0.25) is 0 Å². The maximum Gasteiger partial charge on any atom is 0.409 e. The third-order valence-electron chi connectivity index (χ3n) is 2.90. The Morgan fingerprint density at radius 3 is 2.06 bits per heavy atom. The monoisotopic (exact) mass is 229 g/mol. The zero-order valence-corrected chi connectivity index (χ0v) is 11.1. The summed E-state index contributed by atoms with van der Waals surface area (Å²) in [5.74, 6) is 0.163. The second-order valence-corrected chi connectivity index (χ2v) is 4.48. The minimum atomic E-state index is -0.463. The molecular formula is C12H23NO3. The first-order chi connectivity index (χ1) is 7.36. The molecule has 0 aliphatic heterocycles. The number of carbonyl (C=O) groups is 2. The van der Waals surface area contributed by atoms with E-state index in [9.17, 15) is 9.59 Å². The number of nitrogens with zero attached hydrogens (tertiary/aromatic N) is 1. The lowest BCUT2D eigenvalue weighted by Crippen LogP contribution is -2.47. The predicted octanol–water partition coefficient (Wildman–Crippen LogP) is 2.32. The van der Waals surface area contributed by atoms with Crippen LogP contribution in [-0.2, 0) is 9.53 Å². The maximum atomic E-state index is 12.1. The Morgan fingerprint density at radius 1 is 1.25 bits per heavy atom. The van der Waals surface area contributed by atoms with Crippen molar-refractivity contribution < 1.29 is 14.3 Å². The Morgan fingerprint density at radius 2 is 1.75 bits per heavy atom. The zero-order chi connectivity index (χ0) is 12.9. The summed E-state index contributed by atoms with van der Waals surface area (Å²) >= 11 is 0. The summed E-state index contributed by atoms with van der Waals surface area (Å²) in [6.45, 7) is 7.73. The van der Waals surface area contributed by atoms with Gasteiger partial charge in [-0.05, 0) is 12.3 Å². The number of Topliss-reactive ketones (excluding diaryl/α,β-unsaturated/α-hetero) is 1. The molecule has 4 heteroatoms. The zero-order valence-electron chi connectivity index (χ0n) is 11.1. The van der Waals surface area contributed by atoms with Crippen molar-refractivity contribution in [2.24, 2.45) is 11.8 Å². The number of likely N-dealkylation sites (N-methyl/N-ethyl adjacent to an activating group) is 1. The van der Waals surface area contributed by atoms with Gasteiger partial charge in [0.1, 0.15) is 0 Å². The quantitative estimate of drug-likeness (QED) is 0.727. The molecule has 0 saturated carbocycles. The lowest BCUT2D eigenvalue weighted by Gasteiger charge is -2.30. The van der Waals surface area contributed by atoms with Crippen LogP contribution in [-0.4, -0.2) is 37.0 Å². The Balaban J connectivity index is 4.87. The van der Waals surface area contributed by atoms with Crippen LogP contribution in [0.25, 0.3) is 0 Å². The standard InChI is InChI=1S/C12H23NO3/c1-7-9(4)11(14)10(8(2)3)13(5)12(15)16-6/h8-10H,7H2,1-6H3/t9?,10-/m0/s1. The van der Waals surface area contributed by atoms with Gasteiger partial charge < -0.3 is 9.64 Å². The molecule has 0 aliphatic rings. The molecule has 1 amide bonds. The lowest BCUT2D eigenvalue weighted by atomic mass is 9.90. The van der Waals surface area contributed by atoms with Crippen LogP contribution in [0, 0.1) is 11.8 Å². The number of carbonyl (C=O) groups excluding carboxylic acids is 2. The normalized spacial score (nSPS) is 14.4. The highest BCUT2D eigenvalue weighted by molar-refractivity contribution is 5.89. The van der Waals surface area contributed by atoms with E-state index in [-0.39, 0.29) is 17.6 Å². The summed E-state index contributed by atoms with van der Waals surface area (Å²) in [5, 5.41) is 0. The van der Waals surface area contributed by atoms with Gasteiger partial charge in [0.05, 0.1) is 13.2 Å². The van der Waals surface area contributed by atoms with Crippen LogP contribution < -0.4 is 0 Å². The van der Waals surface area contributed by atoms with E-state index in [0.29, 0.717) is 0 Å². The smallest absolute Gasteiger partial charge is 0.409 e. The molecule has 94 valence electrons. The summed E-state index contributed by atoms with van der Waals surface area (Å²) in [7, 11) is 2.93. The van der Waals surface area contributed by atoms with Gasteiger partial charge in [-0.1, -0.05) is 27.7 Å². The van der Waals surface area contributed by atoms with Crippen molar-refractivity contribution in [1.29, 1.82) is 0 Å². The van der Waals surface area contributed by atoms with Gasteiger partial charge in [-0.3, -0.25) is 4.79 Å². The minimum absolute atomic E-state index is 0.0282. The fourth-order valence-corrected chi connectivity index (χ4v) is 1.72. The van der Waals surface area contributed by atoms with Crippen LogP contribution in [0.15, 0.2) is 0 Å². The van der Waals surface area contributed by atoms with Crippen LogP contribution in [0.5, 0.6) is 0 Å². The summed E-state index contributed by atoms with van der Waals surface area (Å²) < 4.78 is 4.64. The lowest BCUT2D eigenvalue weighted by molar-refractivity contribution is -0.128. The molecule has 0 saturated heterocycles. The molecule has 4 nitrogen and oxygen atoms in total. The number of rotatable bonds is 5. The Hall–Kier alpha value is -1.06. The van der Waals surface area contributed by atoms with Gasteiger partial charge in [-0.2, -0.15) is 0 Å². The number of methoxy groups -OCH3 is 1. The van der Waals surface area contributed by atoms with Crippen molar-refractivity contribution in [3.63, 3.8) is 0 Å². The van der Waals surface area contributed by atoms with E-state index in [1.807, 2.05) is 27.7 Å². The van der Waals surface area contributed by atoms with Gasteiger partial charge in [0.2, 0.25) is 0 Å². The molecule has 0 aromatic heterocycles. The number of amides is 1. The first-order valence-electron chi connectivity index (χ1n) is 5.71. The van der Waals surface area contributed by atoms with Crippen LogP contribution in [0.1, 0.15) is 34.1 Å². The van der Waals surface area contributed by atoms with E-state index in [1.54, 1.807) is 7.05 Å². The second-order valence-electron chi connectivity index (χ2n) is 4.48. The Labute approximate surface area is 98.0 Å². The minimum Gasteiger partial charge on any atom is -0.453 e. The second kappa shape index (κ2) is 6.51. The molecule has 16 heavy (non-hydrogen) atoms. The van der Waals surface area contributed by atoms with Gasteiger partial charge in [0, 0.05) is 13.0 Å². The SMILES string of the molecule is CCC(C)C(=O)[C@H](C(C)C)N(C)C(=O)OC. The highest BCUT2D eigenvalue weighted by atomic mass is 16.5. The van der Waals surface area contributed by atoms with E-state index in [4.69, 9.17) is 0 Å². The topological polar surface area (TPSA) is 46.6 Å². The van der Waals surface area contributed by atoms with Crippen molar-refractivity contribution in [3.05, 3.63) is 0 Å². The van der Waals surface area contributed by atoms with E-state index >= 15 is 0 Å². The molecule has 0 aliphatic carbocycles. The van der Waals surface area contributed by atoms with E-state index in [0.717, 1.165) is 6.42 Å². The number of hydrogen-bond acceptors (Lipinski definition) is 3. The van der Waals surface area contributed by atoms with Crippen LogP contribution in [0.3, 0.4) is 0 Å². The molecule has 0 fully saturated rings. The first kappa shape index (κ1) is 14.9. The van der Waals surface area contributed by atoms with E-state index in [2.05, 4.69) is 4.74 Å².